The molecule has 5 heteroatoms. The summed E-state index contributed by atoms with van der Waals surface area (Å²) in [4.78, 5) is 8.16. The fraction of sp³-hybridized carbons (Fsp3) is 0.407. The second kappa shape index (κ2) is 17.4. The van der Waals surface area contributed by atoms with Crippen LogP contribution in [-0.2, 0) is 48.7 Å². The molecule has 0 saturated carbocycles. The van der Waals surface area contributed by atoms with Gasteiger partial charge in [-0.1, -0.05) is 186 Å². The molecular weight excluding hydrogens is 1060 g/mol. The van der Waals surface area contributed by atoms with E-state index in [2.05, 4.69) is 287 Å². The van der Waals surface area contributed by atoms with Gasteiger partial charge in [0.25, 0.3) is 6.71 Å². The molecule has 0 radical (unpaired) electrons. The highest BCUT2D eigenvalue weighted by Gasteiger charge is 2.52. The highest BCUT2D eigenvalue weighted by atomic mass is 32.1. The van der Waals surface area contributed by atoms with Gasteiger partial charge in [0.2, 0.25) is 0 Å². The van der Waals surface area contributed by atoms with Gasteiger partial charge in [0.1, 0.15) is 0 Å². The van der Waals surface area contributed by atoms with Crippen LogP contribution in [0.4, 0.5) is 51.2 Å². The Morgan fingerprint density at radius 3 is 1.29 bits per heavy atom. The highest BCUT2D eigenvalue weighted by Crippen LogP contribution is 2.59. The van der Waals surface area contributed by atoms with Crippen molar-refractivity contribution in [3.63, 3.8) is 0 Å². The molecule has 0 N–H and O–H groups in total. The van der Waals surface area contributed by atoms with Crippen LogP contribution in [0.1, 0.15) is 213 Å². The van der Waals surface area contributed by atoms with Gasteiger partial charge in [-0.25, -0.2) is 0 Å². The van der Waals surface area contributed by atoms with Gasteiger partial charge in [0.15, 0.2) is 0 Å². The Morgan fingerprint density at radius 2 is 0.826 bits per heavy atom. The van der Waals surface area contributed by atoms with E-state index in [9.17, 15) is 0 Å². The third-order valence-corrected chi connectivity index (χ3v) is 23.6. The van der Waals surface area contributed by atoms with Crippen LogP contribution in [-0.4, -0.2) is 6.71 Å². The number of benzene rings is 8. The van der Waals surface area contributed by atoms with Crippen LogP contribution in [0.25, 0.3) is 20.2 Å². The van der Waals surface area contributed by atoms with Crippen LogP contribution in [0, 0.1) is 6.92 Å². The minimum absolute atomic E-state index is 0.00307. The molecule has 438 valence electrons. The summed E-state index contributed by atoms with van der Waals surface area (Å²) in [5.74, 6) is 0. The first kappa shape index (κ1) is 56.0. The van der Waals surface area contributed by atoms with E-state index in [0.29, 0.717) is 0 Å². The van der Waals surface area contributed by atoms with E-state index < -0.39 is 0 Å². The molecule has 4 aliphatic carbocycles. The molecule has 0 amide bonds. The smallest absolute Gasteiger partial charge is 0.252 e. The molecule has 3 heterocycles. The number of thiophene rings is 1. The maximum absolute atomic E-state index is 2.76. The minimum atomic E-state index is -0.0365. The van der Waals surface area contributed by atoms with E-state index in [-0.39, 0.29) is 55.4 Å². The fourth-order valence-corrected chi connectivity index (χ4v) is 20.6. The molecule has 86 heavy (non-hydrogen) atoms. The second-order valence-corrected chi connectivity index (χ2v) is 35.1. The van der Waals surface area contributed by atoms with E-state index >= 15 is 0 Å². The van der Waals surface area contributed by atoms with Crippen LogP contribution >= 0.6 is 11.3 Å². The van der Waals surface area contributed by atoms with Crippen molar-refractivity contribution in [1.82, 2.24) is 0 Å². The Balaban J connectivity index is 1.11. The lowest BCUT2D eigenvalue weighted by molar-refractivity contribution is 0.402. The van der Waals surface area contributed by atoms with Gasteiger partial charge in [-0.15, -0.1) is 11.3 Å². The standard InChI is InChI=1S/C81H90BN3S/c1-47-33-48(73(2,3)4)25-31-65(47)83(49-28-32-71-54(34-49)53-23-21-22-24-70(53)86-71)52-37-68-72-69(38-52)85(51-27-30-56-58(36-51)77(11,12)44-75(56,7)8)67-42-62-60(79(15,16)46-81(62,19)20)40-64(67)82(72)63-39-59-61(80(17,18)45-78(59,13)14)41-66(63)84(68)50-26-29-55-57(35-50)76(9,10)43-74(55,5)6/h21-42H,43-46H2,1-20H3. The maximum Gasteiger partial charge on any atom is 0.252 e. The molecule has 8 aromatic carbocycles. The van der Waals surface area contributed by atoms with Gasteiger partial charge in [-0.2, -0.15) is 0 Å². The number of aryl methyl sites for hydroxylation is 1. The molecule has 0 atom stereocenters. The normalized spacial score (nSPS) is 20.3. The Labute approximate surface area is 519 Å². The lowest BCUT2D eigenvalue weighted by atomic mass is 9.33. The van der Waals surface area contributed by atoms with Gasteiger partial charge < -0.3 is 14.7 Å². The Bertz CT molecular complexity index is 4260. The first-order chi connectivity index (χ1) is 40.1. The van der Waals surface area contributed by atoms with Gasteiger partial charge in [-0.3, -0.25) is 0 Å². The Kier molecular flexibility index (Phi) is 11.3. The number of nitrogens with zero attached hydrogens (tertiary/aromatic N) is 3. The molecular formula is C81H90BN3S. The van der Waals surface area contributed by atoms with E-state index in [1.807, 2.05) is 11.3 Å². The number of anilines is 9. The summed E-state index contributed by atoms with van der Waals surface area (Å²) in [6.45, 7) is 49.2. The average Bonchev–Trinajstić information content (AvgIpc) is 1.18. The number of hydrogen-bond donors (Lipinski definition) is 0. The molecule has 15 rings (SSSR count). The summed E-state index contributed by atoms with van der Waals surface area (Å²) in [5.41, 5.74) is 30.0. The van der Waals surface area contributed by atoms with E-state index in [1.54, 1.807) is 0 Å². The van der Waals surface area contributed by atoms with Crippen molar-refractivity contribution in [2.24, 2.45) is 0 Å². The molecule has 1 aromatic heterocycles. The third kappa shape index (κ3) is 7.96. The zero-order chi connectivity index (χ0) is 60.9. The average molecular weight is 1150 g/mol. The van der Waals surface area contributed by atoms with Crippen molar-refractivity contribution < 1.29 is 0 Å². The van der Waals surface area contributed by atoms with Crippen LogP contribution in [0.5, 0.6) is 0 Å². The Morgan fingerprint density at radius 1 is 0.395 bits per heavy atom. The zero-order valence-corrected chi connectivity index (χ0v) is 56.2. The van der Waals surface area contributed by atoms with E-state index in [1.165, 1.54) is 132 Å². The number of fused-ring (bicyclic) bond motifs is 11. The van der Waals surface area contributed by atoms with Gasteiger partial charge in [0, 0.05) is 65.7 Å². The van der Waals surface area contributed by atoms with Crippen molar-refractivity contribution in [3.8, 4) is 0 Å². The van der Waals surface area contributed by atoms with Gasteiger partial charge >= 0.3 is 0 Å². The molecule has 0 saturated heterocycles. The van der Waals surface area contributed by atoms with Crippen LogP contribution in [0.2, 0.25) is 0 Å². The third-order valence-electron chi connectivity index (χ3n) is 22.4. The van der Waals surface area contributed by atoms with E-state index in [4.69, 9.17) is 0 Å². The fourth-order valence-electron chi connectivity index (χ4n) is 19.5. The van der Waals surface area contributed by atoms with Crippen LogP contribution < -0.4 is 31.1 Å². The molecule has 9 aromatic rings. The van der Waals surface area contributed by atoms with Crippen molar-refractivity contribution in [1.29, 1.82) is 0 Å². The first-order valence-corrected chi connectivity index (χ1v) is 33.2. The summed E-state index contributed by atoms with van der Waals surface area (Å²) in [6, 6.07) is 54.9. The Hall–Kier alpha value is -6.56. The summed E-state index contributed by atoms with van der Waals surface area (Å²) in [6.07, 6.45) is 4.43. The van der Waals surface area contributed by atoms with Crippen molar-refractivity contribution in [2.75, 3.05) is 14.7 Å². The van der Waals surface area contributed by atoms with Crippen LogP contribution in [0.3, 0.4) is 0 Å². The van der Waals surface area contributed by atoms with Crippen molar-refractivity contribution >= 4 is 106 Å². The largest absolute Gasteiger partial charge is 0.311 e. The molecule has 2 aliphatic heterocycles. The molecule has 0 spiro atoms. The van der Waals surface area contributed by atoms with Crippen LogP contribution in [0.15, 0.2) is 133 Å². The van der Waals surface area contributed by atoms with Crippen molar-refractivity contribution in [3.05, 3.63) is 189 Å². The maximum atomic E-state index is 2.76. The van der Waals surface area contributed by atoms with Gasteiger partial charge in [0.05, 0.1) is 5.69 Å². The lowest BCUT2D eigenvalue weighted by Gasteiger charge is -2.46. The highest BCUT2D eigenvalue weighted by molar-refractivity contribution is 7.25. The second-order valence-electron chi connectivity index (χ2n) is 34.0. The quantitative estimate of drug-likeness (QED) is 0.159. The minimum Gasteiger partial charge on any atom is -0.311 e. The molecule has 0 bridgehead atoms. The SMILES string of the molecule is Cc1cc(C(C)(C)C)ccc1N(c1cc2c3c(c1)N(c1ccc4c(c1)C(C)(C)CC4(C)C)c1cc4c(cc1B3c1cc3c(cc1N2c1ccc2c(c1)C(C)(C)CC2(C)C)C(C)(C)CC3(C)C)C(C)(C)CC4(C)C)c1ccc2sc3ccccc3c2c1. The summed E-state index contributed by atoms with van der Waals surface area (Å²) in [5, 5.41) is 2.61. The first-order valence-electron chi connectivity index (χ1n) is 32.4. The predicted molar refractivity (Wildman–Crippen MR) is 374 cm³/mol. The summed E-state index contributed by atoms with van der Waals surface area (Å²) in [7, 11) is 0. The number of rotatable bonds is 5. The zero-order valence-electron chi connectivity index (χ0n) is 55.4. The molecule has 6 aliphatic rings. The topological polar surface area (TPSA) is 9.72 Å². The van der Waals surface area contributed by atoms with E-state index in [0.717, 1.165) is 37.1 Å². The lowest BCUT2D eigenvalue weighted by Crippen LogP contribution is -2.62. The monoisotopic (exact) mass is 1150 g/mol. The van der Waals surface area contributed by atoms with Gasteiger partial charge in [-0.05, 0) is 232 Å². The summed E-state index contributed by atoms with van der Waals surface area (Å²) >= 11 is 1.90. The number of hydrogen-bond acceptors (Lipinski definition) is 4. The predicted octanol–water partition coefficient (Wildman–Crippen LogP) is 21.0. The molecule has 3 nitrogen and oxygen atoms in total. The van der Waals surface area contributed by atoms with Crippen molar-refractivity contribution in [2.45, 2.75) is 213 Å². The summed E-state index contributed by atoms with van der Waals surface area (Å²) < 4.78 is 2.63. The molecule has 0 fully saturated rings. The molecule has 0 unspecified atom stereocenters.